The van der Waals surface area contributed by atoms with Gasteiger partial charge in [0, 0.05) is 22.2 Å². The highest BCUT2D eigenvalue weighted by Gasteiger charge is 2.44. The summed E-state index contributed by atoms with van der Waals surface area (Å²) in [5.41, 5.74) is 1.37. The quantitative estimate of drug-likeness (QED) is 0.504. The van der Waals surface area contributed by atoms with Gasteiger partial charge in [-0.05, 0) is 22.6 Å². The third-order valence-corrected chi connectivity index (χ3v) is 4.77. The maximum Gasteiger partial charge on any atom is 0.164 e. The summed E-state index contributed by atoms with van der Waals surface area (Å²) in [6.07, 6.45) is 3.04. The SMILES string of the molecule is OCC1OC(n2cc(I)c3c2ncn2ccnc32)C(O)C1O. The number of fused-ring (bicyclic) bond motifs is 3. The average molecular weight is 416 g/mol. The molecule has 0 amide bonds. The molecule has 1 saturated heterocycles. The molecule has 0 aliphatic carbocycles. The van der Waals surface area contributed by atoms with Crippen LogP contribution in [0, 0.1) is 3.57 Å². The molecule has 22 heavy (non-hydrogen) atoms. The molecule has 8 nitrogen and oxygen atoms in total. The normalized spacial score (nSPS) is 28.9. The number of imidazole rings is 1. The zero-order valence-electron chi connectivity index (χ0n) is 11.2. The number of halogens is 1. The first kappa shape index (κ1) is 14.3. The van der Waals surface area contributed by atoms with Crippen LogP contribution in [0.4, 0.5) is 0 Å². The molecule has 9 heteroatoms. The van der Waals surface area contributed by atoms with Gasteiger partial charge in [0.2, 0.25) is 0 Å². The summed E-state index contributed by atoms with van der Waals surface area (Å²) < 4.78 is 9.98. The Morgan fingerprint density at radius 3 is 2.77 bits per heavy atom. The lowest BCUT2D eigenvalue weighted by Crippen LogP contribution is -2.33. The minimum absolute atomic E-state index is 0.358. The van der Waals surface area contributed by atoms with Crippen LogP contribution in [-0.2, 0) is 4.74 Å². The molecular weight excluding hydrogens is 403 g/mol. The molecule has 3 aromatic heterocycles. The highest BCUT2D eigenvalue weighted by molar-refractivity contribution is 14.1. The van der Waals surface area contributed by atoms with E-state index in [1.807, 2.05) is 10.6 Å². The molecule has 0 aromatic carbocycles. The van der Waals surface area contributed by atoms with Gasteiger partial charge in [-0.25, -0.2) is 9.97 Å². The number of aromatic nitrogens is 4. The van der Waals surface area contributed by atoms with Gasteiger partial charge in [-0.2, -0.15) is 0 Å². The van der Waals surface area contributed by atoms with Gasteiger partial charge in [0.05, 0.1) is 12.0 Å². The summed E-state index contributed by atoms with van der Waals surface area (Å²) in [6, 6.07) is 0. The van der Waals surface area contributed by atoms with Crippen LogP contribution in [-0.4, -0.2) is 59.2 Å². The van der Waals surface area contributed by atoms with E-state index in [0.29, 0.717) is 5.65 Å². The van der Waals surface area contributed by atoms with E-state index in [-0.39, 0.29) is 6.61 Å². The standard InChI is InChI=1S/C13H13IN4O4/c14-6-3-18(13-10(21)9(20)7(4-19)22-13)12-8(6)11-15-1-2-17(11)5-16-12/h1-3,5,7,9-10,13,19-21H,4H2. The van der Waals surface area contributed by atoms with Crippen molar-refractivity contribution in [3.8, 4) is 0 Å². The summed E-state index contributed by atoms with van der Waals surface area (Å²) in [6.45, 7) is -0.358. The second-order valence-corrected chi connectivity index (χ2v) is 6.38. The Morgan fingerprint density at radius 2 is 2.05 bits per heavy atom. The third kappa shape index (κ3) is 1.90. The Labute approximate surface area is 138 Å². The van der Waals surface area contributed by atoms with E-state index in [2.05, 4.69) is 32.6 Å². The number of aliphatic hydroxyl groups excluding tert-OH is 3. The van der Waals surface area contributed by atoms with Crippen molar-refractivity contribution >= 4 is 39.3 Å². The van der Waals surface area contributed by atoms with E-state index in [1.165, 1.54) is 0 Å². The molecule has 1 aliphatic rings. The fourth-order valence-electron chi connectivity index (χ4n) is 2.84. The van der Waals surface area contributed by atoms with E-state index < -0.39 is 24.5 Å². The maximum absolute atomic E-state index is 10.2. The Kier molecular flexibility index (Phi) is 3.34. The smallest absolute Gasteiger partial charge is 0.164 e. The third-order valence-electron chi connectivity index (χ3n) is 3.95. The summed E-state index contributed by atoms with van der Waals surface area (Å²) >= 11 is 2.17. The maximum atomic E-state index is 10.2. The number of rotatable bonds is 2. The Balaban J connectivity index is 1.89. The number of aliphatic hydroxyl groups is 3. The van der Waals surface area contributed by atoms with Crippen molar-refractivity contribution in [2.45, 2.75) is 24.5 Å². The molecule has 1 aliphatic heterocycles. The molecule has 1 fully saturated rings. The minimum Gasteiger partial charge on any atom is -0.394 e. The van der Waals surface area contributed by atoms with Gasteiger partial charge < -0.3 is 24.6 Å². The monoisotopic (exact) mass is 416 g/mol. The van der Waals surface area contributed by atoms with Gasteiger partial charge in [-0.15, -0.1) is 0 Å². The molecule has 4 heterocycles. The molecule has 0 bridgehead atoms. The van der Waals surface area contributed by atoms with E-state index >= 15 is 0 Å². The van der Waals surface area contributed by atoms with E-state index in [0.717, 1.165) is 14.6 Å². The molecule has 4 atom stereocenters. The first-order valence-corrected chi connectivity index (χ1v) is 7.80. The van der Waals surface area contributed by atoms with Crippen LogP contribution in [0.5, 0.6) is 0 Å². The van der Waals surface area contributed by atoms with Gasteiger partial charge in [0.1, 0.15) is 35.9 Å². The van der Waals surface area contributed by atoms with Crippen molar-refractivity contribution in [1.29, 1.82) is 0 Å². The number of nitrogens with zero attached hydrogens (tertiary/aromatic N) is 4. The molecule has 4 unspecified atom stereocenters. The Hall–Kier alpha value is -1.27. The number of hydrogen-bond acceptors (Lipinski definition) is 6. The Bertz CT molecular complexity index is 847. The predicted octanol–water partition coefficient (Wildman–Crippen LogP) is -0.0999. The van der Waals surface area contributed by atoms with Gasteiger partial charge >= 0.3 is 0 Å². The molecule has 0 spiro atoms. The fraction of sp³-hybridized carbons (Fsp3) is 0.385. The Morgan fingerprint density at radius 1 is 1.23 bits per heavy atom. The summed E-state index contributed by atoms with van der Waals surface area (Å²) in [5.74, 6) is 0. The van der Waals surface area contributed by atoms with Gasteiger partial charge in [-0.3, -0.25) is 4.40 Å². The molecule has 3 aromatic rings. The van der Waals surface area contributed by atoms with E-state index in [1.54, 1.807) is 23.3 Å². The van der Waals surface area contributed by atoms with Gasteiger partial charge in [-0.1, -0.05) is 0 Å². The van der Waals surface area contributed by atoms with E-state index in [4.69, 9.17) is 4.74 Å². The first-order chi connectivity index (χ1) is 10.6. The van der Waals surface area contributed by atoms with Crippen molar-refractivity contribution in [3.05, 3.63) is 28.5 Å². The average Bonchev–Trinajstić information content (AvgIpc) is 3.17. The lowest BCUT2D eigenvalue weighted by molar-refractivity contribution is -0.0509. The lowest BCUT2D eigenvalue weighted by Gasteiger charge is -2.17. The van der Waals surface area contributed by atoms with Crippen molar-refractivity contribution in [1.82, 2.24) is 18.9 Å². The summed E-state index contributed by atoms with van der Waals surface area (Å²) in [4.78, 5) is 8.73. The minimum atomic E-state index is -1.14. The highest BCUT2D eigenvalue weighted by atomic mass is 127. The summed E-state index contributed by atoms with van der Waals surface area (Å²) in [5, 5.41) is 30.2. The van der Waals surface area contributed by atoms with Crippen molar-refractivity contribution in [3.63, 3.8) is 0 Å². The van der Waals surface area contributed by atoms with Crippen molar-refractivity contribution in [2.75, 3.05) is 6.61 Å². The molecule has 3 N–H and O–H groups in total. The molecule has 0 radical (unpaired) electrons. The second kappa shape index (κ2) is 5.13. The highest BCUT2D eigenvalue weighted by Crippen LogP contribution is 2.34. The van der Waals surface area contributed by atoms with Gasteiger partial charge in [0.25, 0.3) is 0 Å². The largest absolute Gasteiger partial charge is 0.394 e. The fourth-order valence-corrected chi connectivity index (χ4v) is 3.62. The number of ether oxygens (including phenoxy) is 1. The van der Waals surface area contributed by atoms with E-state index in [9.17, 15) is 15.3 Å². The van der Waals surface area contributed by atoms with Crippen LogP contribution in [0.3, 0.4) is 0 Å². The van der Waals surface area contributed by atoms with Crippen LogP contribution in [0.2, 0.25) is 0 Å². The lowest BCUT2D eigenvalue weighted by atomic mass is 10.1. The van der Waals surface area contributed by atoms with Crippen LogP contribution >= 0.6 is 22.6 Å². The molecule has 0 saturated carbocycles. The zero-order chi connectivity index (χ0) is 15.4. The molecule has 116 valence electrons. The van der Waals surface area contributed by atoms with Crippen molar-refractivity contribution < 1.29 is 20.1 Å². The second-order valence-electron chi connectivity index (χ2n) is 5.21. The summed E-state index contributed by atoms with van der Waals surface area (Å²) in [7, 11) is 0. The van der Waals surface area contributed by atoms with Gasteiger partial charge in [0.15, 0.2) is 6.23 Å². The predicted molar refractivity (Wildman–Crippen MR) is 84.2 cm³/mol. The molecule has 4 rings (SSSR count). The number of hydrogen-bond donors (Lipinski definition) is 3. The van der Waals surface area contributed by atoms with Crippen LogP contribution in [0.25, 0.3) is 16.7 Å². The van der Waals surface area contributed by atoms with Crippen LogP contribution < -0.4 is 0 Å². The van der Waals surface area contributed by atoms with Crippen LogP contribution in [0.1, 0.15) is 6.23 Å². The first-order valence-electron chi connectivity index (χ1n) is 6.72. The van der Waals surface area contributed by atoms with Crippen molar-refractivity contribution in [2.24, 2.45) is 0 Å². The molecular formula is C13H13IN4O4. The van der Waals surface area contributed by atoms with Crippen LogP contribution in [0.15, 0.2) is 24.9 Å². The topological polar surface area (TPSA) is 105 Å². The zero-order valence-corrected chi connectivity index (χ0v) is 13.4.